The predicted molar refractivity (Wildman–Crippen MR) is 74.4 cm³/mol. The van der Waals surface area contributed by atoms with Crippen molar-refractivity contribution in [1.29, 1.82) is 0 Å². The molecule has 5 heteroatoms. The van der Waals surface area contributed by atoms with E-state index >= 15 is 0 Å². The van der Waals surface area contributed by atoms with E-state index in [1.165, 1.54) is 4.90 Å². The fourth-order valence-corrected chi connectivity index (χ4v) is 2.65. The number of hydrogen-bond donors (Lipinski definition) is 0. The van der Waals surface area contributed by atoms with Gasteiger partial charge in [-0.3, -0.25) is 9.59 Å². The third-order valence-corrected chi connectivity index (χ3v) is 3.62. The molecule has 108 valence electrons. The molecule has 0 N–H and O–H groups in total. The normalized spacial score (nSPS) is 17.4. The zero-order valence-corrected chi connectivity index (χ0v) is 12.2. The van der Waals surface area contributed by atoms with Gasteiger partial charge in [0.15, 0.2) is 17.3 Å². The Balaban J connectivity index is 2.46. The Morgan fingerprint density at radius 3 is 2.45 bits per heavy atom. The number of ketones is 1. The van der Waals surface area contributed by atoms with Crippen molar-refractivity contribution in [3.63, 3.8) is 0 Å². The first-order valence-electron chi connectivity index (χ1n) is 6.47. The molecule has 0 spiro atoms. The van der Waals surface area contributed by atoms with Crippen molar-refractivity contribution >= 4 is 11.7 Å². The minimum atomic E-state index is -0.328. The van der Waals surface area contributed by atoms with Gasteiger partial charge in [0, 0.05) is 37.6 Å². The van der Waals surface area contributed by atoms with Crippen molar-refractivity contribution in [1.82, 2.24) is 4.90 Å². The smallest absolute Gasteiger partial charge is 0.225 e. The Kier molecular flexibility index (Phi) is 3.97. The number of methoxy groups -OCH3 is 2. The summed E-state index contributed by atoms with van der Waals surface area (Å²) in [7, 11) is 6.49. The second-order valence-corrected chi connectivity index (χ2v) is 5.09. The van der Waals surface area contributed by atoms with Gasteiger partial charge in [-0.1, -0.05) is 0 Å². The average Bonchev–Trinajstić information content (AvgIpc) is 2.44. The van der Waals surface area contributed by atoms with Crippen LogP contribution in [-0.2, 0) is 11.2 Å². The molecule has 0 aromatic heterocycles. The summed E-state index contributed by atoms with van der Waals surface area (Å²) in [4.78, 5) is 25.9. The standard InChI is InChI=1S/C15H19NO4/c1-16(2)15(18)9-7-11-10(12(17)8-9)5-6-13(19-3)14(11)20-4/h5-6,9H,7-8H2,1-4H3. The van der Waals surface area contributed by atoms with Crippen LogP contribution in [0.15, 0.2) is 12.1 Å². The fraction of sp³-hybridized carbons (Fsp3) is 0.467. The molecule has 1 aromatic carbocycles. The summed E-state index contributed by atoms with van der Waals surface area (Å²) >= 11 is 0. The maximum Gasteiger partial charge on any atom is 0.225 e. The Morgan fingerprint density at radius 2 is 1.90 bits per heavy atom. The highest BCUT2D eigenvalue weighted by Gasteiger charge is 2.33. The second kappa shape index (κ2) is 5.53. The molecule has 1 unspecified atom stereocenters. The average molecular weight is 277 g/mol. The molecule has 0 radical (unpaired) electrons. The number of carbonyl (C=O) groups excluding carboxylic acids is 2. The van der Waals surface area contributed by atoms with E-state index < -0.39 is 0 Å². The Labute approximate surface area is 118 Å². The summed E-state index contributed by atoms with van der Waals surface area (Å²) in [6, 6.07) is 3.47. The number of hydrogen-bond acceptors (Lipinski definition) is 4. The molecule has 1 atom stereocenters. The van der Waals surface area contributed by atoms with Gasteiger partial charge in [-0.25, -0.2) is 0 Å². The Hall–Kier alpha value is -2.04. The predicted octanol–water partition coefficient (Wildman–Crippen LogP) is 1.54. The molecular weight excluding hydrogens is 258 g/mol. The van der Waals surface area contributed by atoms with Gasteiger partial charge in [0.2, 0.25) is 5.91 Å². The molecule has 1 aromatic rings. The third-order valence-electron chi connectivity index (χ3n) is 3.62. The zero-order valence-electron chi connectivity index (χ0n) is 12.2. The van der Waals surface area contributed by atoms with Gasteiger partial charge in [-0.2, -0.15) is 0 Å². The molecule has 20 heavy (non-hydrogen) atoms. The lowest BCUT2D eigenvalue weighted by Crippen LogP contribution is -2.35. The summed E-state index contributed by atoms with van der Waals surface area (Å²) in [6.45, 7) is 0. The van der Waals surface area contributed by atoms with Crippen LogP contribution in [0, 0.1) is 5.92 Å². The van der Waals surface area contributed by atoms with Gasteiger partial charge < -0.3 is 14.4 Å². The molecule has 1 amide bonds. The molecule has 1 aliphatic rings. The van der Waals surface area contributed by atoms with Crippen molar-refractivity contribution < 1.29 is 19.1 Å². The summed E-state index contributed by atoms with van der Waals surface area (Å²) in [5, 5.41) is 0. The maximum atomic E-state index is 12.2. The number of ether oxygens (including phenoxy) is 2. The van der Waals surface area contributed by atoms with Crippen LogP contribution in [-0.4, -0.2) is 44.9 Å². The number of nitrogens with zero attached hydrogens (tertiary/aromatic N) is 1. The Morgan fingerprint density at radius 1 is 1.20 bits per heavy atom. The lowest BCUT2D eigenvalue weighted by atomic mass is 9.81. The van der Waals surface area contributed by atoms with E-state index in [1.54, 1.807) is 40.4 Å². The molecule has 0 fully saturated rings. The first kappa shape index (κ1) is 14.4. The summed E-state index contributed by atoms with van der Waals surface area (Å²) in [5.74, 6) is 0.749. The lowest BCUT2D eigenvalue weighted by Gasteiger charge is -2.27. The zero-order chi connectivity index (χ0) is 14.9. The van der Waals surface area contributed by atoms with E-state index in [1.807, 2.05) is 0 Å². The number of benzene rings is 1. The first-order chi connectivity index (χ1) is 9.49. The molecule has 5 nitrogen and oxygen atoms in total. The lowest BCUT2D eigenvalue weighted by molar-refractivity contribution is -0.133. The number of carbonyl (C=O) groups is 2. The molecule has 0 saturated carbocycles. The van der Waals surface area contributed by atoms with Gasteiger partial charge >= 0.3 is 0 Å². The topological polar surface area (TPSA) is 55.8 Å². The van der Waals surface area contributed by atoms with E-state index in [0.717, 1.165) is 5.56 Å². The highest BCUT2D eigenvalue weighted by atomic mass is 16.5. The monoisotopic (exact) mass is 277 g/mol. The molecule has 0 heterocycles. The number of amides is 1. The minimum Gasteiger partial charge on any atom is -0.493 e. The van der Waals surface area contributed by atoms with Crippen molar-refractivity contribution in [2.75, 3.05) is 28.3 Å². The van der Waals surface area contributed by atoms with Gasteiger partial charge in [0.05, 0.1) is 14.2 Å². The van der Waals surface area contributed by atoms with E-state index in [0.29, 0.717) is 23.5 Å². The highest BCUT2D eigenvalue weighted by molar-refractivity contribution is 6.02. The Bertz CT molecular complexity index is 551. The van der Waals surface area contributed by atoms with E-state index in [4.69, 9.17) is 9.47 Å². The van der Waals surface area contributed by atoms with Crippen LogP contribution in [0.5, 0.6) is 11.5 Å². The molecule has 0 aliphatic heterocycles. The van der Waals surface area contributed by atoms with E-state index in [2.05, 4.69) is 0 Å². The maximum absolute atomic E-state index is 12.2. The van der Waals surface area contributed by atoms with Crippen LogP contribution in [0.2, 0.25) is 0 Å². The largest absolute Gasteiger partial charge is 0.493 e. The fourth-order valence-electron chi connectivity index (χ4n) is 2.65. The van der Waals surface area contributed by atoms with Crippen LogP contribution in [0.4, 0.5) is 0 Å². The minimum absolute atomic E-state index is 0.0209. The molecule has 0 bridgehead atoms. The summed E-state index contributed by atoms with van der Waals surface area (Å²) in [6.07, 6.45) is 0.748. The van der Waals surface area contributed by atoms with E-state index in [9.17, 15) is 9.59 Å². The van der Waals surface area contributed by atoms with Crippen molar-refractivity contribution in [3.05, 3.63) is 23.3 Å². The number of rotatable bonds is 3. The summed E-state index contributed by atoms with van der Waals surface area (Å²) < 4.78 is 10.6. The number of fused-ring (bicyclic) bond motifs is 1. The summed E-state index contributed by atoms with van der Waals surface area (Å²) in [5.41, 5.74) is 1.40. The second-order valence-electron chi connectivity index (χ2n) is 5.09. The van der Waals surface area contributed by atoms with Crippen LogP contribution in [0.1, 0.15) is 22.3 Å². The quantitative estimate of drug-likeness (QED) is 0.841. The van der Waals surface area contributed by atoms with Gasteiger partial charge in [-0.15, -0.1) is 0 Å². The van der Waals surface area contributed by atoms with Gasteiger partial charge in [0.25, 0.3) is 0 Å². The number of Topliss-reactive ketones (excluding diaryl/α,β-unsaturated/α-hetero) is 1. The highest BCUT2D eigenvalue weighted by Crippen LogP contribution is 2.39. The van der Waals surface area contributed by atoms with Crippen molar-refractivity contribution in [2.24, 2.45) is 5.92 Å². The van der Waals surface area contributed by atoms with Crippen LogP contribution >= 0.6 is 0 Å². The SMILES string of the molecule is COc1ccc2c(c1OC)CC(C(=O)N(C)C)CC2=O. The third kappa shape index (κ3) is 2.35. The van der Waals surface area contributed by atoms with Crippen LogP contribution in [0.25, 0.3) is 0 Å². The van der Waals surface area contributed by atoms with Gasteiger partial charge in [0.1, 0.15) is 0 Å². The van der Waals surface area contributed by atoms with Crippen LogP contribution in [0.3, 0.4) is 0 Å². The van der Waals surface area contributed by atoms with Crippen LogP contribution < -0.4 is 9.47 Å². The van der Waals surface area contributed by atoms with Gasteiger partial charge in [-0.05, 0) is 18.6 Å². The van der Waals surface area contributed by atoms with Crippen molar-refractivity contribution in [2.45, 2.75) is 12.8 Å². The molecule has 2 rings (SSSR count). The van der Waals surface area contributed by atoms with E-state index in [-0.39, 0.29) is 24.0 Å². The molecular formula is C15H19NO4. The molecule has 1 aliphatic carbocycles. The molecule has 0 saturated heterocycles. The van der Waals surface area contributed by atoms with Crippen molar-refractivity contribution in [3.8, 4) is 11.5 Å². The first-order valence-corrected chi connectivity index (χ1v) is 6.47.